The molecule has 2 rings (SSSR count). The van der Waals surface area contributed by atoms with Gasteiger partial charge in [0, 0.05) is 5.56 Å². The first-order valence-corrected chi connectivity index (χ1v) is 6.12. The van der Waals surface area contributed by atoms with Gasteiger partial charge in [0.2, 0.25) is 11.6 Å². The van der Waals surface area contributed by atoms with Crippen LogP contribution in [0.15, 0.2) is 30.8 Å². The lowest BCUT2D eigenvalue weighted by Crippen LogP contribution is -2.06. The van der Waals surface area contributed by atoms with E-state index in [0.29, 0.717) is 5.56 Å². The number of hydrogen-bond donors (Lipinski definition) is 0. The summed E-state index contributed by atoms with van der Waals surface area (Å²) in [6.45, 7) is 4.33. The van der Waals surface area contributed by atoms with Crippen molar-refractivity contribution in [2.75, 3.05) is 0 Å². The molecule has 0 saturated heterocycles. The molecule has 0 amide bonds. The molecule has 5 heteroatoms. The molecule has 0 bridgehead atoms. The third kappa shape index (κ3) is 2.91. The van der Waals surface area contributed by atoms with E-state index >= 15 is 0 Å². The Morgan fingerprint density at radius 1 is 0.952 bits per heavy atom. The van der Waals surface area contributed by atoms with Crippen LogP contribution in [0.1, 0.15) is 16.7 Å². The molecule has 21 heavy (non-hydrogen) atoms. The molecular formula is C16H12F4O. The van der Waals surface area contributed by atoms with Gasteiger partial charge in [-0.05, 0) is 18.1 Å². The molecule has 0 saturated carbocycles. The zero-order valence-electron chi connectivity index (χ0n) is 11.2. The zero-order valence-corrected chi connectivity index (χ0v) is 11.2. The van der Waals surface area contributed by atoms with E-state index in [1.165, 1.54) is 0 Å². The Morgan fingerprint density at radius 3 is 1.95 bits per heavy atom. The van der Waals surface area contributed by atoms with Crippen LogP contribution in [0.4, 0.5) is 17.6 Å². The topological polar surface area (TPSA) is 9.23 Å². The Balaban J connectivity index is 2.25. The average molecular weight is 296 g/mol. The fourth-order valence-corrected chi connectivity index (χ4v) is 1.75. The summed E-state index contributed by atoms with van der Waals surface area (Å²) in [5.41, 5.74) is 0.747. The van der Waals surface area contributed by atoms with E-state index in [2.05, 4.69) is 6.58 Å². The number of ether oxygens (including phenoxy) is 1. The minimum atomic E-state index is -1.53. The van der Waals surface area contributed by atoms with Crippen molar-refractivity contribution in [1.82, 2.24) is 0 Å². The van der Waals surface area contributed by atoms with Gasteiger partial charge in [-0.1, -0.05) is 36.9 Å². The molecule has 0 unspecified atom stereocenters. The smallest absolute Gasteiger partial charge is 0.204 e. The van der Waals surface area contributed by atoms with Gasteiger partial charge < -0.3 is 4.74 Å². The Bertz CT molecular complexity index is 649. The van der Waals surface area contributed by atoms with Crippen LogP contribution in [0, 0.1) is 30.2 Å². The summed E-state index contributed by atoms with van der Waals surface area (Å²) in [6, 6.07) is 6.78. The van der Waals surface area contributed by atoms with Crippen molar-refractivity contribution in [2.24, 2.45) is 0 Å². The summed E-state index contributed by atoms with van der Waals surface area (Å²) >= 11 is 0. The van der Waals surface area contributed by atoms with Gasteiger partial charge in [0.25, 0.3) is 0 Å². The lowest BCUT2D eigenvalue weighted by Gasteiger charge is -2.11. The number of rotatable bonds is 4. The molecule has 2 aromatic rings. The monoisotopic (exact) mass is 296 g/mol. The second-order valence-electron chi connectivity index (χ2n) is 4.44. The summed E-state index contributed by atoms with van der Waals surface area (Å²) in [4.78, 5) is 0. The molecule has 110 valence electrons. The molecule has 0 atom stereocenters. The first-order chi connectivity index (χ1) is 9.95. The molecule has 0 N–H and O–H groups in total. The Hall–Kier alpha value is -2.30. The van der Waals surface area contributed by atoms with Gasteiger partial charge in [0.1, 0.15) is 6.61 Å². The van der Waals surface area contributed by atoms with Gasteiger partial charge in [0.05, 0.1) is 0 Å². The molecule has 0 aliphatic heterocycles. The lowest BCUT2D eigenvalue weighted by atomic mass is 10.1. The second-order valence-corrected chi connectivity index (χ2v) is 4.44. The molecule has 0 spiro atoms. The quantitative estimate of drug-likeness (QED) is 0.583. The molecule has 2 aromatic carbocycles. The predicted octanol–water partition coefficient (Wildman–Crippen LogP) is 4.77. The molecule has 0 aromatic heterocycles. The summed E-state index contributed by atoms with van der Waals surface area (Å²) in [5, 5.41) is 0. The lowest BCUT2D eigenvalue weighted by molar-refractivity contribution is 0.260. The van der Waals surface area contributed by atoms with Crippen molar-refractivity contribution in [3.63, 3.8) is 0 Å². The van der Waals surface area contributed by atoms with E-state index < -0.39 is 34.6 Å². The van der Waals surface area contributed by atoms with Crippen molar-refractivity contribution >= 4 is 6.08 Å². The molecule has 0 radical (unpaired) electrons. The van der Waals surface area contributed by atoms with Crippen LogP contribution in [0.2, 0.25) is 0 Å². The summed E-state index contributed by atoms with van der Waals surface area (Å²) < 4.78 is 58.9. The Labute approximate surface area is 119 Å². The van der Waals surface area contributed by atoms with Crippen molar-refractivity contribution < 1.29 is 22.3 Å². The minimum Gasteiger partial charge on any atom is -0.483 e. The molecule has 0 aliphatic rings. The Morgan fingerprint density at radius 2 is 1.48 bits per heavy atom. The molecular weight excluding hydrogens is 284 g/mol. The average Bonchev–Trinajstić information content (AvgIpc) is 2.51. The second kappa shape index (κ2) is 5.99. The standard InChI is InChI=1S/C16H12F4O/c1-3-10-4-6-11(7-5-10)8-21-16-14(19)12(17)9(2)13(18)15(16)20/h3-7H,1,8H2,2H3. The van der Waals surface area contributed by atoms with Crippen LogP contribution in [0.3, 0.4) is 0 Å². The number of halogens is 4. The largest absolute Gasteiger partial charge is 0.483 e. The number of benzene rings is 2. The van der Waals surface area contributed by atoms with Gasteiger partial charge in [-0.15, -0.1) is 0 Å². The van der Waals surface area contributed by atoms with Crippen LogP contribution in [-0.4, -0.2) is 0 Å². The van der Waals surface area contributed by atoms with E-state index in [1.807, 2.05) is 0 Å². The molecule has 0 aliphatic carbocycles. The highest BCUT2D eigenvalue weighted by atomic mass is 19.2. The van der Waals surface area contributed by atoms with Crippen LogP contribution >= 0.6 is 0 Å². The predicted molar refractivity (Wildman–Crippen MR) is 71.9 cm³/mol. The van der Waals surface area contributed by atoms with E-state index in [0.717, 1.165) is 12.5 Å². The van der Waals surface area contributed by atoms with Crippen LogP contribution in [0.25, 0.3) is 6.08 Å². The van der Waals surface area contributed by atoms with Crippen LogP contribution < -0.4 is 4.74 Å². The maximum absolute atomic E-state index is 13.6. The first kappa shape index (κ1) is 15.1. The maximum Gasteiger partial charge on any atom is 0.204 e. The highest BCUT2D eigenvalue weighted by molar-refractivity contribution is 5.47. The van der Waals surface area contributed by atoms with E-state index in [1.54, 1.807) is 30.3 Å². The fraction of sp³-hybridized carbons (Fsp3) is 0.125. The van der Waals surface area contributed by atoms with Crippen molar-refractivity contribution in [2.45, 2.75) is 13.5 Å². The molecule has 0 fully saturated rings. The Kier molecular flexibility index (Phi) is 4.31. The van der Waals surface area contributed by atoms with Gasteiger partial charge in [-0.3, -0.25) is 0 Å². The van der Waals surface area contributed by atoms with Gasteiger partial charge in [0.15, 0.2) is 17.4 Å². The van der Waals surface area contributed by atoms with Crippen molar-refractivity contribution in [3.8, 4) is 5.75 Å². The van der Waals surface area contributed by atoms with Crippen LogP contribution in [0.5, 0.6) is 5.75 Å². The SMILES string of the molecule is C=Cc1ccc(COc2c(F)c(F)c(C)c(F)c2F)cc1. The normalized spacial score (nSPS) is 10.5. The first-order valence-electron chi connectivity index (χ1n) is 6.12. The highest BCUT2D eigenvalue weighted by Crippen LogP contribution is 2.30. The molecule has 1 nitrogen and oxygen atoms in total. The van der Waals surface area contributed by atoms with Gasteiger partial charge in [-0.25, -0.2) is 8.78 Å². The van der Waals surface area contributed by atoms with Crippen LogP contribution in [-0.2, 0) is 6.61 Å². The van der Waals surface area contributed by atoms with Crippen molar-refractivity contribution in [3.05, 3.63) is 70.8 Å². The van der Waals surface area contributed by atoms with E-state index in [9.17, 15) is 17.6 Å². The van der Waals surface area contributed by atoms with Gasteiger partial charge >= 0.3 is 0 Å². The minimum absolute atomic E-state index is 0.215. The third-order valence-corrected chi connectivity index (χ3v) is 3.04. The molecule has 0 heterocycles. The summed E-state index contributed by atoms with van der Waals surface area (Å²) in [6.07, 6.45) is 1.63. The number of hydrogen-bond acceptors (Lipinski definition) is 1. The highest BCUT2D eigenvalue weighted by Gasteiger charge is 2.24. The van der Waals surface area contributed by atoms with E-state index in [4.69, 9.17) is 4.74 Å². The van der Waals surface area contributed by atoms with E-state index in [-0.39, 0.29) is 6.61 Å². The maximum atomic E-state index is 13.6. The summed E-state index contributed by atoms with van der Waals surface area (Å²) in [5.74, 6) is -7.02. The van der Waals surface area contributed by atoms with Crippen molar-refractivity contribution in [1.29, 1.82) is 0 Å². The van der Waals surface area contributed by atoms with Gasteiger partial charge in [-0.2, -0.15) is 8.78 Å². The third-order valence-electron chi connectivity index (χ3n) is 3.04. The summed E-state index contributed by atoms with van der Waals surface area (Å²) in [7, 11) is 0. The zero-order chi connectivity index (χ0) is 15.6. The fourth-order valence-electron chi connectivity index (χ4n) is 1.75.